The fourth-order valence-electron chi connectivity index (χ4n) is 2.54. The lowest BCUT2D eigenvalue weighted by atomic mass is 10.2. The second-order valence-corrected chi connectivity index (χ2v) is 8.17. The van der Waals surface area contributed by atoms with E-state index in [1.165, 1.54) is 0 Å². The Morgan fingerprint density at radius 1 is 1.19 bits per heavy atom. The molecule has 26 heavy (non-hydrogen) atoms. The van der Waals surface area contributed by atoms with Gasteiger partial charge < -0.3 is 0 Å². The first-order valence-corrected chi connectivity index (χ1v) is 10.2. The molecule has 0 fully saturated rings. The van der Waals surface area contributed by atoms with Gasteiger partial charge in [-0.3, -0.25) is 4.21 Å². The van der Waals surface area contributed by atoms with Crippen LogP contribution in [0, 0.1) is 0 Å². The van der Waals surface area contributed by atoms with E-state index in [-0.39, 0.29) is 0 Å². The number of fused-ring (bicyclic) bond motifs is 1. The van der Waals surface area contributed by atoms with Gasteiger partial charge >= 0.3 is 0 Å². The van der Waals surface area contributed by atoms with E-state index in [2.05, 4.69) is 31.0 Å². The zero-order chi connectivity index (χ0) is 18.1. The molecule has 0 aliphatic carbocycles. The van der Waals surface area contributed by atoms with E-state index in [0.717, 1.165) is 16.5 Å². The fourth-order valence-corrected chi connectivity index (χ4v) is 4.71. The van der Waals surface area contributed by atoms with Gasteiger partial charge in [0.1, 0.15) is 5.03 Å². The Morgan fingerprint density at radius 2 is 2.08 bits per heavy atom. The molecule has 3 aromatic heterocycles. The highest BCUT2D eigenvalue weighted by molar-refractivity contribution is 9.10. The van der Waals surface area contributed by atoms with Crippen LogP contribution < -0.4 is 0 Å². The first-order chi connectivity index (χ1) is 12.6. The predicted octanol–water partition coefficient (Wildman–Crippen LogP) is 4.54. The lowest BCUT2D eigenvalue weighted by molar-refractivity contribution is 0.679. The summed E-state index contributed by atoms with van der Waals surface area (Å²) in [4.78, 5) is 8.89. The molecule has 0 spiro atoms. The highest BCUT2D eigenvalue weighted by atomic mass is 79.9. The molecular formula is C18H12BrClN4OS. The minimum absolute atomic E-state index is 0.323. The summed E-state index contributed by atoms with van der Waals surface area (Å²) in [5.41, 5.74) is 1.58. The Hall–Kier alpha value is -2.09. The van der Waals surface area contributed by atoms with Gasteiger partial charge in [-0.1, -0.05) is 23.7 Å². The lowest BCUT2D eigenvalue weighted by Gasteiger charge is -2.08. The van der Waals surface area contributed by atoms with E-state index in [4.69, 9.17) is 11.6 Å². The molecule has 5 nitrogen and oxygen atoms in total. The smallest absolute Gasteiger partial charge is 0.153 e. The molecule has 8 heteroatoms. The van der Waals surface area contributed by atoms with Crippen molar-refractivity contribution in [1.29, 1.82) is 0 Å². The van der Waals surface area contributed by atoms with Gasteiger partial charge in [-0.05, 0) is 51.8 Å². The number of rotatable bonds is 4. The Labute approximate surface area is 165 Å². The Bertz CT molecular complexity index is 1100. The summed E-state index contributed by atoms with van der Waals surface area (Å²) in [6.07, 6.45) is 5.22. The molecule has 130 valence electrons. The quantitative estimate of drug-likeness (QED) is 0.461. The highest BCUT2D eigenvalue weighted by Crippen LogP contribution is 2.29. The first-order valence-electron chi connectivity index (χ1n) is 7.70. The summed E-state index contributed by atoms with van der Waals surface area (Å²) in [6, 6.07) is 12.9. The van der Waals surface area contributed by atoms with E-state index < -0.39 is 10.8 Å². The molecule has 1 atom stereocenters. The van der Waals surface area contributed by atoms with Crippen LogP contribution in [-0.2, 0) is 16.6 Å². The predicted molar refractivity (Wildman–Crippen MR) is 106 cm³/mol. The molecule has 0 saturated carbocycles. The number of nitrogens with zero attached hydrogens (tertiary/aromatic N) is 4. The third-order valence-corrected chi connectivity index (χ3v) is 6.32. The normalized spacial score (nSPS) is 12.4. The van der Waals surface area contributed by atoms with E-state index in [1.54, 1.807) is 17.1 Å². The Kier molecular flexibility index (Phi) is 4.84. The van der Waals surface area contributed by atoms with E-state index in [0.29, 0.717) is 26.1 Å². The van der Waals surface area contributed by atoms with Crippen molar-refractivity contribution in [3.8, 4) is 5.82 Å². The molecule has 0 radical (unpaired) electrons. The first kappa shape index (κ1) is 17.3. The molecule has 3 heterocycles. The summed E-state index contributed by atoms with van der Waals surface area (Å²) >= 11 is 9.66. The second-order valence-electron chi connectivity index (χ2n) is 5.55. The van der Waals surface area contributed by atoms with E-state index in [9.17, 15) is 4.21 Å². The van der Waals surface area contributed by atoms with Crippen molar-refractivity contribution in [2.24, 2.45) is 0 Å². The van der Waals surface area contributed by atoms with Gasteiger partial charge in [-0.25, -0.2) is 14.6 Å². The van der Waals surface area contributed by atoms with Gasteiger partial charge in [0.25, 0.3) is 0 Å². The molecule has 0 bridgehead atoms. The molecule has 0 aliphatic heterocycles. The van der Waals surface area contributed by atoms with Crippen LogP contribution in [-0.4, -0.2) is 24.0 Å². The van der Waals surface area contributed by atoms with Crippen molar-refractivity contribution in [2.45, 2.75) is 10.8 Å². The topological polar surface area (TPSA) is 60.7 Å². The molecular weight excluding hydrogens is 436 g/mol. The highest BCUT2D eigenvalue weighted by Gasteiger charge is 2.14. The van der Waals surface area contributed by atoms with Crippen molar-refractivity contribution >= 4 is 49.2 Å². The second kappa shape index (κ2) is 7.26. The largest absolute Gasteiger partial charge is 0.252 e. The van der Waals surface area contributed by atoms with Crippen LogP contribution in [0.3, 0.4) is 0 Å². The van der Waals surface area contributed by atoms with Gasteiger partial charge in [0.15, 0.2) is 5.82 Å². The van der Waals surface area contributed by atoms with Gasteiger partial charge in [-0.15, -0.1) is 0 Å². The number of hydrogen-bond acceptors (Lipinski definition) is 4. The fraction of sp³-hybridized carbons (Fsp3) is 0.0556. The molecule has 1 unspecified atom stereocenters. The Balaban J connectivity index is 1.60. The third kappa shape index (κ3) is 3.42. The SMILES string of the molecule is O=S(Cc1ccc(-n2cccn2)nc1)c1nc2cccc(Cl)c2cc1Br. The summed E-state index contributed by atoms with van der Waals surface area (Å²) in [7, 11) is -1.32. The van der Waals surface area contributed by atoms with Crippen LogP contribution >= 0.6 is 27.5 Å². The maximum atomic E-state index is 12.8. The minimum Gasteiger partial charge on any atom is -0.252 e. The number of benzene rings is 1. The maximum Gasteiger partial charge on any atom is 0.153 e. The molecule has 4 rings (SSSR count). The van der Waals surface area contributed by atoms with E-state index in [1.807, 2.05) is 48.7 Å². The average Bonchev–Trinajstić information content (AvgIpc) is 3.17. The van der Waals surface area contributed by atoms with Gasteiger partial charge in [-0.2, -0.15) is 5.10 Å². The van der Waals surface area contributed by atoms with Crippen molar-refractivity contribution in [3.05, 3.63) is 76.1 Å². The van der Waals surface area contributed by atoms with Crippen LogP contribution in [0.25, 0.3) is 16.7 Å². The lowest BCUT2D eigenvalue weighted by Crippen LogP contribution is -2.03. The zero-order valence-electron chi connectivity index (χ0n) is 13.3. The van der Waals surface area contributed by atoms with Gasteiger partial charge in [0.05, 0.1) is 26.5 Å². The number of pyridine rings is 2. The molecule has 0 N–H and O–H groups in total. The zero-order valence-corrected chi connectivity index (χ0v) is 16.5. The maximum absolute atomic E-state index is 12.8. The molecule has 4 aromatic rings. The molecule has 1 aromatic carbocycles. The number of aromatic nitrogens is 4. The number of hydrogen-bond donors (Lipinski definition) is 0. The monoisotopic (exact) mass is 446 g/mol. The minimum atomic E-state index is -1.32. The molecule has 0 amide bonds. The average molecular weight is 448 g/mol. The third-order valence-electron chi connectivity index (χ3n) is 3.79. The van der Waals surface area contributed by atoms with Crippen LogP contribution in [0.2, 0.25) is 5.02 Å². The standard InChI is InChI=1S/C18H12BrClN4OS/c19-14-9-13-15(20)3-1-4-16(13)23-18(14)26(25)11-12-5-6-17(21-10-12)24-8-2-7-22-24/h1-10H,11H2. The van der Waals surface area contributed by atoms with Crippen LogP contribution in [0.1, 0.15) is 5.56 Å². The molecule has 0 aliphatic rings. The van der Waals surface area contributed by atoms with Crippen molar-refractivity contribution in [3.63, 3.8) is 0 Å². The van der Waals surface area contributed by atoms with Crippen molar-refractivity contribution in [1.82, 2.24) is 19.7 Å². The van der Waals surface area contributed by atoms with E-state index >= 15 is 0 Å². The molecule has 0 saturated heterocycles. The van der Waals surface area contributed by atoms with Crippen LogP contribution in [0.15, 0.2) is 70.6 Å². The van der Waals surface area contributed by atoms with Crippen molar-refractivity contribution < 1.29 is 4.21 Å². The summed E-state index contributed by atoms with van der Waals surface area (Å²) in [5, 5.41) is 6.08. The van der Waals surface area contributed by atoms with Crippen LogP contribution in [0.4, 0.5) is 0 Å². The summed E-state index contributed by atoms with van der Waals surface area (Å²) in [5.74, 6) is 1.04. The van der Waals surface area contributed by atoms with Gasteiger partial charge in [0.2, 0.25) is 0 Å². The van der Waals surface area contributed by atoms with Crippen LogP contribution in [0.5, 0.6) is 0 Å². The Morgan fingerprint density at radius 3 is 2.81 bits per heavy atom. The van der Waals surface area contributed by atoms with Crippen molar-refractivity contribution in [2.75, 3.05) is 0 Å². The van der Waals surface area contributed by atoms with Gasteiger partial charge in [0, 0.05) is 29.0 Å². The summed E-state index contributed by atoms with van der Waals surface area (Å²) < 4.78 is 15.2. The number of halogens is 2. The summed E-state index contributed by atoms with van der Waals surface area (Å²) in [6.45, 7) is 0.